The fourth-order valence-corrected chi connectivity index (χ4v) is 1.86. The summed E-state index contributed by atoms with van der Waals surface area (Å²) < 4.78 is 0. The van der Waals surface area contributed by atoms with Crippen LogP contribution in [0, 0.1) is 0 Å². The summed E-state index contributed by atoms with van der Waals surface area (Å²) in [4.78, 5) is 2.41. The minimum Gasteiger partial charge on any atom is -0.398 e. The van der Waals surface area contributed by atoms with Gasteiger partial charge in [-0.3, -0.25) is 4.90 Å². The maximum absolute atomic E-state index is 5.94. The van der Waals surface area contributed by atoms with Crippen molar-refractivity contribution >= 4 is 17.3 Å². The largest absolute Gasteiger partial charge is 0.398 e. The van der Waals surface area contributed by atoms with Gasteiger partial charge in [0.15, 0.2) is 0 Å². The van der Waals surface area contributed by atoms with Crippen molar-refractivity contribution in [1.82, 2.24) is 4.90 Å². The van der Waals surface area contributed by atoms with Gasteiger partial charge in [0.2, 0.25) is 0 Å². The molecule has 0 atom stereocenters. The van der Waals surface area contributed by atoms with Crippen molar-refractivity contribution in [2.75, 3.05) is 18.8 Å². The number of unbranched alkanes of at least 4 members (excludes halogenated alkanes) is 1. The number of hydrogen-bond acceptors (Lipinski definition) is 2. The van der Waals surface area contributed by atoms with Crippen molar-refractivity contribution in [1.29, 1.82) is 0 Å². The third kappa shape index (κ3) is 4.03. The molecule has 0 unspecified atom stereocenters. The van der Waals surface area contributed by atoms with E-state index in [1.165, 1.54) is 18.4 Å². The summed E-state index contributed by atoms with van der Waals surface area (Å²) in [5.74, 6) is 0. The Hall–Kier alpha value is -0.730. The maximum atomic E-state index is 5.94. The fourth-order valence-electron chi connectivity index (χ4n) is 1.68. The Morgan fingerprint density at radius 2 is 2.06 bits per heavy atom. The molecule has 2 N–H and O–H groups in total. The second-order valence-corrected chi connectivity index (χ2v) is 4.50. The topological polar surface area (TPSA) is 29.3 Å². The van der Waals surface area contributed by atoms with Gasteiger partial charge in [0.05, 0.1) is 0 Å². The number of benzene rings is 1. The molecule has 1 aromatic rings. The quantitative estimate of drug-likeness (QED) is 0.771. The first-order chi connectivity index (χ1) is 7.67. The number of nitrogens with two attached hydrogens (primary N) is 1. The summed E-state index contributed by atoms with van der Waals surface area (Å²) in [5, 5.41) is 0.706. The maximum Gasteiger partial charge on any atom is 0.0426 e. The Morgan fingerprint density at radius 3 is 2.62 bits per heavy atom. The predicted octanol–water partition coefficient (Wildman–Crippen LogP) is 3.54. The first kappa shape index (κ1) is 13.3. The number of halogens is 1. The molecule has 0 saturated carbocycles. The molecular formula is C13H21ClN2. The summed E-state index contributed by atoms with van der Waals surface area (Å²) in [5.41, 5.74) is 7.90. The molecule has 0 aliphatic heterocycles. The van der Waals surface area contributed by atoms with Gasteiger partial charge in [-0.15, -0.1) is 0 Å². The van der Waals surface area contributed by atoms with Crippen molar-refractivity contribution < 1.29 is 0 Å². The zero-order chi connectivity index (χ0) is 12.0. The molecule has 3 heteroatoms. The van der Waals surface area contributed by atoms with Crippen LogP contribution < -0.4 is 5.73 Å². The average molecular weight is 241 g/mol. The molecule has 1 aromatic carbocycles. The Bertz CT molecular complexity index is 326. The van der Waals surface area contributed by atoms with Gasteiger partial charge in [0, 0.05) is 17.3 Å². The fraction of sp³-hybridized carbons (Fsp3) is 0.538. The molecule has 0 amide bonds. The Balaban J connectivity index is 2.62. The van der Waals surface area contributed by atoms with E-state index >= 15 is 0 Å². The second kappa shape index (κ2) is 6.77. The summed E-state index contributed by atoms with van der Waals surface area (Å²) in [6, 6.07) is 5.75. The van der Waals surface area contributed by atoms with Crippen LogP contribution in [0.4, 0.5) is 5.69 Å². The Labute approximate surface area is 103 Å². The highest BCUT2D eigenvalue weighted by Gasteiger charge is 2.06. The molecule has 1 rings (SSSR count). The first-order valence-electron chi connectivity index (χ1n) is 5.93. The van der Waals surface area contributed by atoms with Crippen LogP contribution in [0.3, 0.4) is 0 Å². The predicted molar refractivity (Wildman–Crippen MR) is 71.7 cm³/mol. The van der Waals surface area contributed by atoms with Gasteiger partial charge >= 0.3 is 0 Å². The van der Waals surface area contributed by atoms with E-state index in [4.69, 9.17) is 17.3 Å². The summed E-state index contributed by atoms with van der Waals surface area (Å²) in [7, 11) is 0. The van der Waals surface area contributed by atoms with Gasteiger partial charge < -0.3 is 5.73 Å². The van der Waals surface area contributed by atoms with Crippen LogP contribution in [0.25, 0.3) is 0 Å². The van der Waals surface area contributed by atoms with E-state index in [1.54, 1.807) is 0 Å². The van der Waals surface area contributed by atoms with Gasteiger partial charge in [-0.05, 0) is 37.2 Å². The molecule has 0 fully saturated rings. The van der Waals surface area contributed by atoms with Crippen molar-refractivity contribution in [2.45, 2.75) is 33.2 Å². The van der Waals surface area contributed by atoms with Crippen LogP contribution in [0.2, 0.25) is 5.02 Å². The molecule has 0 saturated heterocycles. The number of nitrogens with zero attached hydrogens (tertiary/aromatic N) is 1. The lowest BCUT2D eigenvalue weighted by atomic mass is 10.1. The first-order valence-corrected chi connectivity index (χ1v) is 6.31. The standard InChI is InChI=1S/C13H21ClN2/c1-3-5-8-16(4-2)10-11-6-7-12(14)9-13(11)15/h6-7,9H,3-5,8,10,15H2,1-2H3. The lowest BCUT2D eigenvalue weighted by Crippen LogP contribution is -2.24. The Kier molecular flexibility index (Phi) is 5.64. The van der Waals surface area contributed by atoms with Crippen molar-refractivity contribution in [2.24, 2.45) is 0 Å². The zero-order valence-electron chi connectivity index (χ0n) is 10.2. The average Bonchev–Trinajstić information content (AvgIpc) is 2.27. The molecule has 16 heavy (non-hydrogen) atoms. The van der Waals surface area contributed by atoms with Gasteiger partial charge in [-0.2, -0.15) is 0 Å². The van der Waals surface area contributed by atoms with E-state index in [2.05, 4.69) is 18.7 Å². The van der Waals surface area contributed by atoms with Gasteiger partial charge in [0.25, 0.3) is 0 Å². The molecular weight excluding hydrogens is 220 g/mol. The van der Waals surface area contributed by atoms with Crippen LogP contribution in [0.15, 0.2) is 18.2 Å². The van der Waals surface area contributed by atoms with Crippen molar-refractivity contribution in [3.8, 4) is 0 Å². The highest BCUT2D eigenvalue weighted by Crippen LogP contribution is 2.19. The third-order valence-corrected chi connectivity index (χ3v) is 3.01. The van der Waals surface area contributed by atoms with Crippen molar-refractivity contribution in [3.63, 3.8) is 0 Å². The monoisotopic (exact) mass is 240 g/mol. The minimum atomic E-state index is 0.706. The van der Waals surface area contributed by atoms with E-state index < -0.39 is 0 Å². The van der Waals surface area contributed by atoms with Gasteiger partial charge in [-0.1, -0.05) is 37.9 Å². The molecule has 0 bridgehead atoms. The van der Waals surface area contributed by atoms with E-state index in [0.29, 0.717) is 5.02 Å². The lowest BCUT2D eigenvalue weighted by molar-refractivity contribution is 0.276. The van der Waals surface area contributed by atoms with E-state index in [1.807, 2.05) is 18.2 Å². The molecule has 2 nitrogen and oxygen atoms in total. The van der Waals surface area contributed by atoms with Crippen LogP contribution in [0.5, 0.6) is 0 Å². The smallest absolute Gasteiger partial charge is 0.0426 e. The van der Waals surface area contributed by atoms with Crippen LogP contribution in [-0.4, -0.2) is 18.0 Å². The zero-order valence-corrected chi connectivity index (χ0v) is 10.9. The van der Waals surface area contributed by atoms with Crippen LogP contribution in [0.1, 0.15) is 32.3 Å². The summed E-state index contributed by atoms with van der Waals surface area (Å²) in [6.45, 7) is 7.50. The summed E-state index contributed by atoms with van der Waals surface area (Å²) >= 11 is 5.88. The van der Waals surface area contributed by atoms with Gasteiger partial charge in [-0.25, -0.2) is 0 Å². The molecule has 0 aliphatic carbocycles. The normalized spacial score (nSPS) is 11.0. The van der Waals surface area contributed by atoms with E-state index in [0.717, 1.165) is 25.3 Å². The SMILES string of the molecule is CCCCN(CC)Cc1ccc(Cl)cc1N. The highest BCUT2D eigenvalue weighted by atomic mass is 35.5. The molecule has 0 spiro atoms. The van der Waals surface area contributed by atoms with E-state index in [-0.39, 0.29) is 0 Å². The second-order valence-electron chi connectivity index (χ2n) is 4.07. The van der Waals surface area contributed by atoms with Crippen LogP contribution in [-0.2, 0) is 6.54 Å². The third-order valence-electron chi connectivity index (χ3n) is 2.78. The molecule has 0 aromatic heterocycles. The van der Waals surface area contributed by atoms with E-state index in [9.17, 15) is 0 Å². The number of anilines is 1. The molecule has 0 heterocycles. The van der Waals surface area contributed by atoms with Crippen molar-refractivity contribution in [3.05, 3.63) is 28.8 Å². The summed E-state index contributed by atoms with van der Waals surface area (Å²) in [6.07, 6.45) is 2.47. The number of hydrogen-bond donors (Lipinski definition) is 1. The lowest BCUT2D eigenvalue weighted by Gasteiger charge is -2.21. The number of rotatable bonds is 6. The highest BCUT2D eigenvalue weighted by molar-refractivity contribution is 6.30. The molecule has 90 valence electrons. The van der Waals surface area contributed by atoms with Crippen LogP contribution >= 0.6 is 11.6 Å². The number of nitrogen functional groups attached to an aromatic ring is 1. The molecule has 0 aliphatic rings. The molecule has 0 radical (unpaired) electrons. The minimum absolute atomic E-state index is 0.706. The van der Waals surface area contributed by atoms with Gasteiger partial charge in [0.1, 0.15) is 0 Å². The Morgan fingerprint density at radius 1 is 1.31 bits per heavy atom.